The minimum Gasteiger partial charge on any atom is -0.359 e. The number of methoxy groups -OCH3 is 1. The highest BCUT2D eigenvalue weighted by molar-refractivity contribution is 4.24. The normalized spacial score (nSPS) is 10.0. The third-order valence-corrected chi connectivity index (χ3v) is 0.630. The molecule has 4 nitrogen and oxygen atoms in total. The van der Waals surface area contributed by atoms with Gasteiger partial charge in [0.25, 0.3) is 0 Å². The Hall–Kier alpha value is -0.160. The first kappa shape index (κ1) is 8.84. The van der Waals surface area contributed by atoms with E-state index < -0.39 is 0 Å². The third-order valence-electron chi connectivity index (χ3n) is 0.630. The number of ether oxygens (including phenoxy) is 3. The van der Waals surface area contributed by atoms with Gasteiger partial charge in [0.15, 0.2) is 0 Å². The van der Waals surface area contributed by atoms with Crippen molar-refractivity contribution in [2.45, 2.75) is 0 Å². The lowest BCUT2D eigenvalue weighted by Gasteiger charge is -2.01. The minimum absolute atomic E-state index is 0.255. The van der Waals surface area contributed by atoms with Gasteiger partial charge in [-0.2, -0.15) is 0 Å². The molecule has 0 heterocycles. The Bertz CT molecular complexity index is 45.5. The van der Waals surface area contributed by atoms with Crippen LogP contribution in [0.2, 0.25) is 0 Å². The Morgan fingerprint density at radius 1 is 1.22 bits per heavy atom. The Morgan fingerprint density at radius 2 is 2.00 bits per heavy atom. The molecule has 0 spiro atoms. The average Bonchev–Trinajstić information content (AvgIpc) is 1.89. The molecule has 0 aromatic rings. The van der Waals surface area contributed by atoms with Gasteiger partial charge in [-0.05, 0) is 0 Å². The van der Waals surface area contributed by atoms with Gasteiger partial charge in [-0.1, -0.05) is 0 Å². The number of rotatable bonds is 6. The van der Waals surface area contributed by atoms with E-state index in [0.29, 0.717) is 13.2 Å². The molecule has 0 fully saturated rings. The second-order valence-corrected chi connectivity index (χ2v) is 1.43. The van der Waals surface area contributed by atoms with Gasteiger partial charge in [0.1, 0.15) is 13.6 Å². The van der Waals surface area contributed by atoms with E-state index in [0.717, 1.165) is 0 Å². The van der Waals surface area contributed by atoms with Crippen molar-refractivity contribution in [2.24, 2.45) is 5.73 Å². The van der Waals surface area contributed by atoms with Crippen molar-refractivity contribution in [3.05, 3.63) is 0 Å². The summed E-state index contributed by atoms with van der Waals surface area (Å²) in [6.07, 6.45) is 0. The van der Waals surface area contributed by atoms with Gasteiger partial charge < -0.3 is 19.9 Å². The molecule has 9 heavy (non-hydrogen) atoms. The van der Waals surface area contributed by atoms with Crippen molar-refractivity contribution >= 4 is 0 Å². The first-order valence-electron chi connectivity index (χ1n) is 2.76. The maximum Gasteiger partial charge on any atom is 0.149 e. The quantitative estimate of drug-likeness (QED) is 0.395. The van der Waals surface area contributed by atoms with Crippen LogP contribution in [0.15, 0.2) is 0 Å². The van der Waals surface area contributed by atoms with Gasteiger partial charge in [0.05, 0.1) is 6.61 Å². The van der Waals surface area contributed by atoms with E-state index in [2.05, 4.69) is 4.74 Å². The van der Waals surface area contributed by atoms with Crippen molar-refractivity contribution in [3.8, 4) is 0 Å². The lowest BCUT2D eigenvalue weighted by molar-refractivity contribution is -0.118. The summed E-state index contributed by atoms with van der Waals surface area (Å²) >= 11 is 0. The molecule has 0 saturated heterocycles. The summed E-state index contributed by atoms with van der Waals surface area (Å²) in [6, 6.07) is 0. The summed E-state index contributed by atoms with van der Waals surface area (Å²) in [7, 11) is 1.56. The maximum atomic E-state index is 5.13. The van der Waals surface area contributed by atoms with E-state index in [9.17, 15) is 0 Å². The predicted octanol–water partition coefficient (Wildman–Crippen LogP) is -0.460. The van der Waals surface area contributed by atoms with Gasteiger partial charge >= 0.3 is 0 Å². The molecule has 0 aliphatic heterocycles. The molecule has 56 valence electrons. The summed E-state index contributed by atoms with van der Waals surface area (Å²) in [5, 5.41) is 0. The van der Waals surface area contributed by atoms with Crippen LogP contribution in [0.5, 0.6) is 0 Å². The maximum absolute atomic E-state index is 5.13. The molecular weight excluding hydrogens is 122 g/mol. The molecular formula is C5H13NO3. The first-order valence-corrected chi connectivity index (χ1v) is 2.76. The fourth-order valence-electron chi connectivity index (χ4n) is 0.319. The lowest BCUT2D eigenvalue weighted by atomic mass is 10.7. The lowest BCUT2D eigenvalue weighted by Crippen LogP contribution is -2.11. The largest absolute Gasteiger partial charge is 0.359 e. The molecule has 0 saturated carbocycles. The molecule has 0 radical (unpaired) electrons. The van der Waals surface area contributed by atoms with E-state index in [1.807, 2.05) is 0 Å². The van der Waals surface area contributed by atoms with Crippen LogP contribution in [0, 0.1) is 0 Å². The number of nitrogens with two attached hydrogens (primary N) is 1. The van der Waals surface area contributed by atoms with Crippen LogP contribution in [0.25, 0.3) is 0 Å². The smallest absolute Gasteiger partial charge is 0.149 e. The second-order valence-electron chi connectivity index (χ2n) is 1.43. The molecule has 0 atom stereocenters. The van der Waals surface area contributed by atoms with Gasteiger partial charge in [-0.25, -0.2) is 0 Å². The fourth-order valence-corrected chi connectivity index (χ4v) is 0.319. The van der Waals surface area contributed by atoms with Crippen molar-refractivity contribution in [3.63, 3.8) is 0 Å². The Balaban J connectivity index is 2.60. The molecule has 0 aliphatic rings. The SMILES string of the molecule is COCOCOCCN. The van der Waals surface area contributed by atoms with Crippen LogP contribution < -0.4 is 5.73 Å². The highest BCUT2D eigenvalue weighted by atomic mass is 16.7. The van der Waals surface area contributed by atoms with Crippen LogP contribution >= 0.6 is 0 Å². The molecule has 4 heteroatoms. The molecule has 0 unspecified atom stereocenters. The van der Waals surface area contributed by atoms with E-state index >= 15 is 0 Å². The summed E-state index contributed by atoms with van der Waals surface area (Å²) in [5.41, 5.74) is 5.13. The minimum atomic E-state index is 0.255. The first-order chi connectivity index (χ1) is 4.41. The topological polar surface area (TPSA) is 53.7 Å². The standard InChI is InChI=1S/C5H13NO3/c1-7-4-9-5-8-3-2-6/h2-6H2,1H3. The average molecular weight is 135 g/mol. The van der Waals surface area contributed by atoms with E-state index in [4.69, 9.17) is 15.2 Å². The fraction of sp³-hybridized carbons (Fsp3) is 1.00. The van der Waals surface area contributed by atoms with Crippen molar-refractivity contribution in [2.75, 3.05) is 33.8 Å². The van der Waals surface area contributed by atoms with Crippen LogP contribution in [0.3, 0.4) is 0 Å². The molecule has 0 aromatic carbocycles. The van der Waals surface area contributed by atoms with E-state index in [-0.39, 0.29) is 13.6 Å². The molecule has 0 rings (SSSR count). The van der Waals surface area contributed by atoms with Crippen molar-refractivity contribution < 1.29 is 14.2 Å². The van der Waals surface area contributed by atoms with Gasteiger partial charge in [0, 0.05) is 13.7 Å². The third kappa shape index (κ3) is 7.84. The second kappa shape index (κ2) is 7.84. The van der Waals surface area contributed by atoms with Crippen LogP contribution in [0.1, 0.15) is 0 Å². The Morgan fingerprint density at radius 3 is 2.56 bits per heavy atom. The molecule has 0 aromatic heterocycles. The van der Waals surface area contributed by atoms with E-state index in [1.165, 1.54) is 0 Å². The summed E-state index contributed by atoms with van der Waals surface area (Å²) in [5.74, 6) is 0. The Kier molecular flexibility index (Phi) is 7.70. The van der Waals surface area contributed by atoms with Crippen molar-refractivity contribution in [1.29, 1.82) is 0 Å². The molecule has 0 amide bonds. The predicted molar refractivity (Wildman–Crippen MR) is 32.8 cm³/mol. The summed E-state index contributed by atoms with van der Waals surface area (Å²) in [6.45, 7) is 1.58. The monoisotopic (exact) mass is 135 g/mol. The zero-order valence-corrected chi connectivity index (χ0v) is 5.63. The summed E-state index contributed by atoms with van der Waals surface area (Å²) < 4.78 is 14.2. The number of hydrogen-bond donors (Lipinski definition) is 1. The summed E-state index contributed by atoms with van der Waals surface area (Å²) in [4.78, 5) is 0. The highest BCUT2D eigenvalue weighted by Crippen LogP contribution is 1.76. The zero-order chi connectivity index (χ0) is 6.95. The zero-order valence-electron chi connectivity index (χ0n) is 5.63. The molecule has 0 aliphatic carbocycles. The van der Waals surface area contributed by atoms with Crippen LogP contribution in [-0.4, -0.2) is 33.8 Å². The van der Waals surface area contributed by atoms with Gasteiger partial charge in [0.2, 0.25) is 0 Å². The van der Waals surface area contributed by atoms with E-state index in [1.54, 1.807) is 7.11 Å². The van der Waals surface area contributed by atoms with Crippen LogP contribution in [0.4, 0.5) is 0 Å². The van der Waals surface area contributed by atoms with Gasteiger partial charge in [-0.15, -0.1) is 0 Å². The molecule has 0 bridgehead atoms. The van der Waals surface area contributed by atoms with Gasteiger partial charge in [-0.3, -0.25) is 0 Å². The van der Waals surface area contributed by atoms with Crippen molar-refractivity contribution in [1.82, 2.24) is 0 Å². The number of hydrogen-bond acceptors (Lipinski definition) is 4. The highest BCUT2D eigenvalue weighted by Gasteiger charge is 1.83. The molecule has 2 N–H and O–H groups in total. The Labute approximate surface area is 54.9 Å². The van der Waals surface area contributed by atoms with Crippen LogP contribution in [-0.2, 0) is 14.2 Å².